The molecule has 2 aromatic rings. The molecule has 2 aromatic carbocycles. The fourth-order valence-electron chi connectivity index (χ4n) is 1.54. The van der Waals surface area contributed by atoms with Gasteiger partial charge in [-0.1, -0.05) is 30.3 Å². The first-order chi connectivity index (χ1) is 9.20. The molecule has 4 heteroatoms. The quantitative estimate of drug-likeness (QED) is 0.479. The zero-order valence-electron chi connectivity index (χ0n) is 10.3. The average molecular weight is 256 g/mol. The molecular weight excluding hydrogens is 244 g/mol. The molecule has 0 aliphatic rings. The van der Waals surface area contributed by atoms with E-state index in [1.165, 1.54) is 19.2 Å². The van der Waals surface area contributed by atoms with Crippen LogP contribution in [-0.4, -0.2) is 18.9 Å². The van der Waals surface area contributed by atoms with E-state index < -0.39 is 11.8 Å². The minimum absolute atomic E-state index is 0.236. The van der Waals surface area contributed by atoms with Crippen LogP contribution in [0.1, 0.15) is 10.4 Å². The summed E-state index contributed by atoms with van der Waals surface area (Å²) in [6, 6.07) is 15.6. The Kier molecular flexibility index (Phi) is 3.93. The molecule has 0 aliphatic carbocycles. The summed E-state index contributed by atoms with van der Waals surface area (Å²) in [6.07, 6.45) is 0. The fraction of sp³-hybridized carbons (Fsp3) is 0.0667. The van der Waals surface area contributed by atoms with Gasteiger partial charge in [0.25, 0.3) is 5.78 Å². The van der Waals surface area contributed by atoms with Gasteiger partial charge in [-0.2, -0.15) is 0 Å². The topological polar surface area (TPSA) is 52.6 Å². The van der Waals surface area contributed by atoms with Crippen LogP contribution >= 0.6 is 0 Å². The molecule has 0 atom stereocenters. The Bertz CT molecular complexity index is 590. The fourth-order valence-corrected chi connectivity index (χ4v) is 1.54. The summed E-state index contributed by atoms with van der Waals surface area (Å²) >= 11 is 0. The first-order valence-corrected chi connectivity index (χ1v) is 5.66. The largest absolute Gasteiger partial charge is 0.463 e. The first-order valence-electron chi connectivity index (χ1n) is 5.66. The molecule has 0 spiro atoms. The van der Waals surface area contributed by atoms with Gasteiger partial charge in [0.15, 0.2) is 0 Å². The van der Waals surface area contributed by atoms with Crippen LogP contribution in [0.4, 0.5) is 0 Å². The molecule has 0 heterocycles. The minimum atomic E-state index is -0.892. The van der Waals surface area contributed by atoms with Crippen molar-refractivity contribution in [2.45, 2.75) is 0 Å². The molecule has 2 rings (SSSR count). The van der Waals surface area contributed by atoms with Gasteiger partial charge in [-0.25, -0.2) is 4.79 Å². The monoisotopic (exact) mass is 256 g/mol. The summed E-state index contributed by atoms with van der Waals surface area (Å²) in [5.41, 5.74) is 0.236. The lowest BCUT2D eigenvalue weighted by Gasteiger charge is -2.06. The number of para-hydroxylation sites is 1. The van der Waals surface area contributed by atoms with Crippen LogP contribution in [0, 0.1) is 0 Å². The van der Waals surface area contributed by atoms with Gasteiger partial charge >= 0.3 is 5.97 Å². The number of rotatable bonds is 4. The molecule has 0 bridgehead atoms. The van der Waals surface area contributed by atoms with E-state index in [1.54, 1.807) is 24.3 Å². The molecule has 96 valence electrons. The van der Waals surface area contributed by atoms with Gasteiger partial charge in [-0.3, -0.25) is 4.79 Å². The van der Waals surface area contributed by atoms with Crippen LogP contribution in [0.5, 0.6) is 11.5 Å². The second-order valence-electron chi connectivity index (χ2n) is 3.76. The summed E-state index contributed by atoms with van der Waals surface area (Å²) in [4.78, 5) is 22.8. The van der Waals surface area contributed by atoms with Gasteiger partial charge in [0, 0.05) is 5.56 Å². The van der Waals surface area contributed by atoms with Crippen molar-refractivity contribution in [2.75, 3.05) is 7.11 Å². The van der Waals surface area contributed by atoms with Crippen LogP contribution in [0.3, 0.4) is 0 Å². The van der Waals surface area contributed by atoms with Gasteiger partial charge in [0.05, 0.1) is 7.11 Å². The maximum absolute atomic E-state index is 11.7. The highest BCUT2D eigenvalue weighted by Gasteiger charge is 2.16. The van der Waals surface area contributed by atoms with Gasteiger partial charge in [0.1, 0.15) is 11.5 Å². The average Bonchev–Trinajstić information content (AvgIpc) is 2.47. The van der Waals surface area contributed by atoms with E-state index in [2.05, 4.69) is 4.74 Å². The van der Waals surface area contributed by atoms with Crippen molar-refractivity contribution in [3.8, 4) is 11.5 Å². The number of esters is 1. The van der Waals surface area contributed by atoms with E-state index in [-0.39, 0.29) is 5.56 Å². The lowest BCUT2D eigenvalue weighted by Crippen LogP contribution is -2.15. The van der Waals surface area contributed by atoms with Crippen molar-refractivity contribution in [1.29, 1.82) is 0 Å². The number of methoxy groups -OCH3 is 1. The normalized spacial score (nSPS) is 9.74. The molecule has 0 saturated carbocycles. The zero-order chi connectivity index (χ0) is 13.7. The molecule has 0 unspecified atom stereocenters. The number of ether oxygens (including phenoxy) is 2. The van der Waals surface area contributed by atoms with Crippen molar-refractivity contribution in [1.82, 2.24) is 0 Å². The third kappa shape index (κ3) is 3.19. The number of carbonyl (C=O) groups excluding carboxylic acids is 2. The standard InChI is InChI=1S/C15H12O4/c1-18-15(17)14(16)11-6-5-9-13(10-11)19-12-7-3-2-4-8-12/h2-10H,1H3. The molecule has 19 heavy (non-hydrogen) atoms. The smallest absolute Gasteiger partial charge is 0.379 e. The van der Waals surface area contributed by atoms with Crippen LogP contribution in [-0.2, 0) is 9.53 Å². The molecule has 4 nitrogen and oxygen atoms in total. The molecule has 0 N–H and O–H groups in total. The summed E-state index contributed by atoms with van der Waals surface area (Å²) in [6.45, 7) is 0. The number of carbonyl (C=O) groups is 2. The Morgan fingerprint density at radius 3 is 2.26 bits per heavy atom. The maximum Gasteiger partial charge on any atom is 0.379 e. The van der Waals surface area contributed by atoms with E-state index in [4.69, 9.17) is 4.74 Å². The van der Waals surface area contributed by atoms with Gasteiger partial charge in [-0.05, 0) is 24.3 Å². The van der Waals surface area contributed by atoms with E-state index in [9.17, 15) is 9.59 Å². The minimum Gasteiger partial charge on any atom is -0.463 e. The molecule has 0 fully saturated rings. The number of ketones is 1. The molecule has 0 amide bonds. The molecular formula is C15H12O4. The lowest BCUT2D eigenvalue weighted by atomic mass is 10.1. The highest BCUT2D eigenvalue weighted by atomic mass is 16.5. The summed E-state index contributed by atoms with van der Waals surface area (Å²) in [5, 5.41) is 0. The number of Topliss-reactive ketones (excluding diaryl/α,β-unsaturated/α-hetero) is 1. The maximum atomic E-state index is 11.7. The van der Waals surface area contributed by atoms with E-state index >= 15 is 0 Å². The summed E-state index contributed by atoms with van der Waals surface area (Å²) in [5.74, 6) is -0.441. The number of hydrogen-bond donors (Lipinski definition) is 0. The molecule has 0 aromatic heterocycles. The molecule has 0 aliphatic heterocycles. The third-order valence-corrected chi connectivity index (χ3v) is 2.45. The molecule has 0 saturated heterocycles. The SMILES string of the molecule is COC(=O)C(=O)c1cccc(Oc2ccccc2)c1. The highest BCUT2D eigenvalue weighted by molar-refractivity contribution is 6.40. The van der Waals surface area contributed by atoms with E-state index in [0.29, 0.717) is 11.5 Å². The van der Waals surface area contributed by atoms with Crippen molar-refractivity contribution in [3.05, 3.63) is 60.2 Å². The van der Waals surface area contributed by atoms with Gasteiger partial charge in [0.2, 0.25) is 0 Å². The molecule has 0 radical (unpaired) electrons. The second kappa shape index (κ2) is 5.82. The Labute approximate surface area is 110 Å². The number of hydrogen-bond acceptors (Lipinski definition) is 4. The first kappa shape index (κ1) is 12.8. The van der Waals surface area contributed by atoms with Crippen molar-refractivity contribution < 1.29 is 19.1 Å². The van der Waals surface area contributed by atoms with Crippen molar-refractivity contribution in [3.63, 3.8) is 0 Å². The summed E-state index contributed by atoms with van der Waals surface area (Å²) in [7, 11) is 1.17. The van der Waals surface area contributed by atoms with Crippen LogP contribution in [0.2, 0.25) is 0 Å². The van der Waals surface area contributed by atoms with Crippen LogP contribution in [0.15, 0.2) is 54.6 Å². The Morgan fingerprint density at radius 1 is 0.895 bits per heavy atom. The predicted octanol–water partition coefficient (Wildman–Crippen LogP) is 2.83. The van der Waals surface area contributed by atoms with Crippen LogP contribution in [0.25, 0.3) is 0 Å². The Hall–Kier alpha value is -2.62. The van der Waals surface area contributed by atoms with E-state index in [0.717, 1.165) is 0 Å². The highest BCUT2D eigenvalue weighted by Crippen LogP contribution is 2.22. The lowest BCUT2D eigenvalue weighted by molar-refractivity contribution is -0.135. The van der Waals surface area contributed by atoms with Gasteiger partial charge in [-0.15, -0.1) is 0 Å². The predicted molar refractivity (Wildman–Crippen MR) is 69.3 cm³/mol. The third-order valence-electron chi connectivity index (χ3n) is 2.45. The Balaban J connectivity index is 2.20. The van der Waals surface area contributed by atoms with E-state index in [1.807, 2.05) is 18.2 Å². The van der Waals surface area contributed by atoms with Crippen molar-refractivity contribution >= 4 is 11.8 Å². The Morgan fingerprint density at radius 2 is 1.58 bits per heavy atom. The second-order valence-corrected chi connectivity index (χ2v) is 3.76. The number of benzene rings is 2. The summed E-state index contributed by atoms with van der Waals surface area (Å²) < 4.78 is 9.97. The van der Waals surface area contributed by atoms with Gasteiger partial charge < -0.3 is 9.47 Å². The van der Waals surface area contributed by atoms with Crippen LogP contribution < -0.4 is 4.74 Å². The van der Waals surface area contributed by atoms with Crippen molar-refractivity contribution in [2.24, 2.45) is 0 Å². The zero-order valence-corrected chi connectivity index (χ0v) is 10.3.